The van der Waals surface area contributed by atoms with Gasteiger partial charge in [-0.2, -0.15) is 9.49 Å². The SMILES string of the molecule is CC(C)c1cnn(C2CCN(C)CC2)c1-c1ccc(NC2CC2)nc1F. The zero-order chi connectivity index (χ0) is 18.3. The molecule has 5 nitrogen and oxygen atoms in total. The number of hydrogen-bond donors (Lipinski definition) is 1. The maximum absolute atomic E-state index is 14.9. The fourth-order valence-corrected chi connectivity index (χ4v) is 3.72. The lowest BCUT2D eigenvalue weighted by Gasteiger charge is -2.30. The van der Waals surface area contributed by atoms with Gasteiger partial charge in [0.15, 0.2) is 0 Å². The summed E-state index contributed by atoms with van der Waals surface area (Å²) in [6.45, 7) is 6.36. The van der Waals surface area contributed by atoms with E-state index >= 15 is 0 Å². The molecule has 3 heterocycles. The van der Waals surface area contributed by atoms with Crippen LogP contribution in [0.3, 0.4) is 0 Å². The van der Waals surface area contributed by atoms with Crippen LogP contribution in [-0.4, -0.2) is 45.8 Å². The number of likely N-dealkylation sites (tertiary alicyclic amines) is 1. The molecule has 1 aliphatic carbocycles. The van der Waals surface area contributed by atoms with Gasteiger partial charge in [0.25, 0.3) is 0 Å². The Morgan fingerprint density at radius 3 is 2.50 bits per heavy atom. The first kappa shape index (κ1) is 17.5. The Hall–Kier alpha value is -1.95. The van der Waals surface area contributed by atoms with Crippen molar-refractivity contribution < 1.29 is 4.39 Å². The Morgan fingerprint density at radius 2 is 1.88 bits per heavy atom. The quantitative estimate of drug-likeness (QED) is 0.820. The first-order valence-electron chi connectivity index (χ1n) is 9.72. The number of halogens is 1. The van der Waals surface area contributed by atoms with Gasteiger partial charge in [0, 0.05) is 11.6 Å². The van der Waals surface area contributed by atoms with Crippen molar-refractivity contribution in [2.75, 3.05) is 25.5 Å². The second-order valence-corrected chi connectivity index (χ2v) is 8.04. The molecule has 2 aliphatic rings. The predicted molar refractivity (Wildman–Crippen MR) is 102 cm³/mol. The lowest BCUT2D eigenvalue weighted by molar-refractivity contribution is 0.213. The summed E-state index contributed by atoms with van der Waals surface area (Å²) in [5.41, 5.74) is 2.55. The molecule has 1 saturated heterocycles. The van der Waals surface area contributed by atoms with E-state index < -0.39 is 5.95 Å². The second-order valence-electron chi connectivity index (χ2n) is 8.04. The van der Waals surface area contributed by atoms with Crippen LogP contribution < -0.4 is 5.32 Å². The largest absolute Gasteiger partial charge is 0.367 e. The normalized spacial score (nSPS) is 19.3. The van der Waals surface area contributed by atoms with Gasteiger partial charge in [0.05, 0.1) is 23.5 Å². The number of anilines is 1. The number of aromatic nitrogens is 3. The maximum atomic E-state index is 14.9. The Bertz CT molecular complexity index is 773. The molecular weight excluding hydrogens is 329 g/mol. The molecule has 1 N–H and O–H groups in total. The van der Waals surface area contributed by atoms with E-state index in [1.807, 2.05) is 18.3 Å². The molecule has 0 unspecified atom stereocenters. The van der Waals surface area contributed by atoms with Crippen LogP contribution >= 0.6 is 0 Å². The van der Waals surface area contributed by atoms with Crippen LogP contribution in [0.15, 0.2) is 18.3 Å². The summed E-state index contributed by atoms with van der Waals surface area (Å²) in [6, 6.07) is 4.54. The molecule has 0 bridgehead atoms. The third-order valence-electron chi connectivity index (χ3n) is 5.51. The average molecular weight is 357 g/mol. The van der Waals surface area contributed by atoms with E-state index in [0.29, 0.717) is 23.5 Å². The predicted octanol–water partition coefficient (Wildman–Crippen LogP) is 4.05. The van der Waals surface area contributed by atoms with Gasteiger partial charge in [0.1, 0.15) is 5.82 Å². The highest BCUT2D eigenvalue weighted by Crippen LogP contribution is 2.35. The Balaban J connectivity index is 1.70. The summed E-state index contributed by atoms with van der Waals surface area (Å²) in [7, 11) is 2.15. The minimum atomic E-state index is -0.410. The van der Waals surface area contributed by atoms with Crippen LogP contribution in [0.4, 0.5) is 10.2 Å². The van der Waals surface area contributed by atoms with E-state index in [4.69, 9.17) is 0 Å². The number of pyridine rings is 1. The fraction of sp³-hybridized carbons (Fsp3) is 0.600. The summed E-state index contributed by atoms with van der Waals surface area (Å²) in [5, 5.41) is 7.94. The summed E-state index contributed by atoms with van der Waals surface area (Å²) < 4.78 is 17.0. The van der Waals surface area contributed by atoms with Crippen molar-refractivity contribution in [3.05, 3.63) is 29.8 Å². The molecule has 1 saturated carbocycles. The standard InChI is InChI=1S/C20H28FN5/c1-13(2)17-12-22-26(15-8-10-25(3)11-9-15)19(17)16-6-7-18(24-20(16)21)23-14-4-5-14/h6-7,12-15H,4-5,8-11H2,1-3H3,(H,23,24). The first-order valence-corrected chi connectivity index (χ1v) is 9.72. The van der Waals surface area contributed by atoms with Gasteiger partial charge in [-0.15, -0.1) is 0 Å². The molecule has 0 spiro atoms. The molecule has 2 aromatic rings. The third kappa shape index (κ3) is 3.47. The number of piperidine rings is 1. The molecule has 0 radical (unpaired) electrons. The molecule has 2 fully saturated rings. The van der Waals surface area contributed by atoms with Crippen LogP contribution in [-0.2, 0) is 0 Å². The van der Waals surface area contributed by atoms with E-state index in [0.717, 1.165) is 50.0 Å². The van der Waals surface area contributed by atoms with E-state index in [1.165, 1.54) is 0 Å². The highest BCUT2D eigenvalue weighted by molar-refractivity contribution is 5.65. The van der Waals surface area contributed by atoms with Gasteiger partial charge in [-0.05, 0) is 63.9 Å². The van der Waals surface area contributed by atoms with Gasteiger partial charge in [-0.3, -0.25) is 4.68 Å². The zero-order valence-corrected chi connectivity index (χ0v) is 15.9. The van der Waals surface area contributed by atoms with Crippen LogP contribution in [0, 0.1) is 5.95 Å². The van der Waals surface area contributed by atoms with E-state index in [9.17, 15) is 4.39 Å². The number of nitrogens with one attached hydrogen (secondary N) is 1. The van der Waals surface area contributed by atoms with Crippen molar-refractivity contribution >= 4 is 5.82 Å². The van der Waals surface area contributed by atoms with Crippen molar-refractivity contribution in [2.24, 2.45) is 0 Å². The Morgan fingerprint density at radius 1 is 1.15 bits per heavy atom. The molecule has 140 valence electrons. The monoisotopic (exact) mass is 357 g/mol. The lowest BCUT2D eigenvalue weighted by atomic mass is 9.98. The van der Waals surface area contributed by atoms with Crippen molar-refractivity contribution in [2.45, 2.75) is 57.5 Å². The van der Waals surface area contributed by atoms with Crippen molar-refractivity contribution in [1.82, 2.24) is 19.7 Å². The van der Waals surface area contributed by atoms with Gasteiger partial charge in [0.2, 0.25) is 5.95 Å². The summed E-state index contributed by atoms with van der Waals surface area (Å²) in [6.07, 6.45) is 6.28. The second kappa shape index (κ2) is 6.99. The molecule has 1 aliphatic heterocycles. The topological polar surface area (TPSA) is 46.0 Å². The van der Waals surface area contributed by atoms with Crippen LogP contribution in [0.25, 0.3) is 11.3 Å². The molecule has 4 rings (SSSR count). The van der Waals surface area contributed by atoms with Gasteiger partial charge in [-0.25, -0.2) is 4.98 Å². The summed E-state index contributed by atoms with van der Waals surface area (Å²) >= 11 is 0. The van der Waals surface area contributed by atoms with Crippen molar-refractivity contribution in [3.8, 4) is 11.3 Å². The molecule has 0 amide bonds. The summed E-state index contributed by atoms with van der Waals surface area (Å²) in [4.78, 5) is 6.52. The average Bonchev–Trinajstić information content (AvgIpc) is 3.31. The van der Waals surface area contributed by atoms with Crippen molar-refractivity contribution in [3.63, 3.8) is 0 Å². The van der Waals surface area contributed by atoms with Crippen LogP contribution in [0.5, 0.6) is 0 Å². The fourth-order valence-electron chi connectivity index (χ4n) is 3.72. The molecule has 26 heavy (non-hydrogen) atoms. The van der Waals surface area contributed by atoms with Crippen LogP contribution in [0.1, 0.15) is 57.1 Å². The van der Waals surface area contributed by atoms with Gasteiger partial charge >= 0.3 is 0 Å². The zero-order valence-electron chi connectivity index (χ0n) is 15.9. The minimum absolute atomic E-state index is 0.286. The Kier molecular flexibility index (Phi) is 4.69. The molecular formula is C20H28FN5. The highest BCUT2D eigenvalue weighted by Gasteiger charge is 2.27. The van der Waals surface area contributed by atoms with Gasteiger partial charge < -0.3 is 10.2 Å². The van der Waals surface area contributed by atoms with Crippen LogP contribution in [0.2, 0.25) is 0 Å². The van der Waals surface area contributed by atoms with E-state index in [1.54, 1.807) is 0 Å². The molecule has 0 aromatic carbocycles. The van der Waals surface area contributed by atoms with Gasteiger partial charge in [-0.1, -0.05) is 13.8 Å². The van der Waals surface area contributed by atoms with E-state index in [-0.39, 0.29) is 5.92 Å². The Labute approximate surface area is 154 Å². The number of nitrogens with zero attached hydrogens (tertiary/aromatic N) is 4. The smallest absolute Gasteiger partial charge is 0.224 e. The number of rotatable bonds is 5. The highest BCUT2D eigenvalue weighted by atomic mass is 19.1. The lowest BCUT2D eigenvalue weighted by Crippen LogP contribution is -2.32. The number of hydrogen-bond acceptors (Lipinski definition) is 4. The first-order chi connectivity index (χ1) is 12.5. The maximum Gasteiger partial charge on any atom is 0.224 e. The molecule has 2 aromatic heterocycles. The van der Waals surface area contributed by atoms with E-state index in [2.05, 4.69) is 45.9 Å². The van der Waals surface area contributed by atoms with Crippen molar-refractivity contribution in [1.29, 1.82) is 0 Å². The third-order valence-corrected chi connectivity index (χ3v) is 5.51. The minimum Gasteiger partial charge on any atom is -0.367 e. The molecule has 6 heteroatoms. The molecule has 0 atom stereocenters. The summed E-state index contributed by atoms with van der Waals surface area (Å²) in [5.74, 6) is 0.506.